The molecule has 1 aliphatic rings. The average molecular weight is 313 g/mol. The van der Waals surface area contributed by atoms with Crippen LogP contribution in [0.25, 0.3) is 0 Å². The number of benzene rings is 2. The number of phenols is 1. The van der Waals surface area contributed by atoms with Crippen LogP contribution in [0.5, 0.6) is 5.75 Å². The highest BCUT2D eigenvalue weighted by molar-refractivity contribution is 5.97. The molecule has 120 valence electrons. The summed E-state index contributed by atoms with van der Waals surface area (Å²) in [4.78, 5) is 6.78. The predicted octanol–water partition coefficient (Wildman–Crippen LogP) is 3.06. The second-order valence-electron chi connectivity index (χ2n) is 5.49. The fourth-order valence-electron chi connectivity index (χ4n) is 2.77. The Balaban J connectivity index is 1.83. The Kier molecular flexibility index (Phi) is 4.46. The van der Waals surface area contributed by atoms with Crippen molar-refractivity contribution in [2.75, 3.05) is 18.0 Å². The monoisotopic (exact) mass is 313 g/mol. The van der Waals surface area contributed by atoms with Crippen LogP contribution in [0, 0.1) is 5.82 Å². The Labute approximate surface area is 135 Å². The first-order valence-corrected chi connectivity index (χ1v) is 7.80. The van der Waals surface area contributed by atoms with Gasteiger partial charge in [-0.3, -0.25) is 0 Å². The van der Waals surface area contributed by atoms with Crippen LogP contribution in [0.1, 0.15) is 18.1 Å². The quantitative estimate of drug-likeness (QED) is 0.676. The minimum atomic E-state index is -0.616. The zero-order valence-electron chi connectivity index (χ0n) is 13.1. The summed E-state index contributed by atoms with van der Waals surface area (Å²) in [6.45, 7) is 4.03. The summed E-state index contributed by atoms with van der Waals surface area (Å²) in [5, 5.41) is 12.6. The number of hydrogen-bond acceptors (Lipinski definition) is 2. The molecular weight excluding hydrogens is 293 g/mol. The van der Waals surface area contributed by atoms with Crippen molar-refractivity contribution in [3.05, 3.63) is 59.4 Å². The summed E-state index contributed by atoms with van der Waals surface area (Å²) in [6, 6.07) is 12.7. The third kappa shape index (κ3) is 3.28. The lowest BCUT2D eigenvalue weighted by atomic mass is 10.2. The maximum atomic E-state index is 13.4. The van der Waals surface area contributed by atoms with Crippen LogP contribution in [0.2, 0.25) is 0 Å². The summed E-state index contributed by atoms with van der Waals surface area (Å²) in [5.41, 5.74) is 3.21. The van der Waals surface area contributed by atoms with Gasteiger partial charge in [0.15, 0.2) is 17.5 Å². The van der Waals surface area contributed by atoms with Gasteiger partial charge in [-0.05, 0) is 42.7 Å². The van der Waals surface area contributed by atoms with Crippen molar-refractivity contribution in [2.24, 2.45) is 4.99 Å². The molecule has 3 rings (SSSR count). The number of nitrogens with one attached hydrogen (secondary N) is 1. The highest BCUT2D eigenvalue weighted by Gasteiger charge is 2.22. The van der Waals surface area contributed by atoms with Gasteiger partial charge in [-0.2, -0.15) is 0 Å². The highest BCUT2D eigenvalue weighted by atomic mass is 19.1. The van der Waals surface area contributed by atoms with Gasteiger partial charge in [0, 0.05) is 18.8 Å². The molecule has 5 heteroatoms. The molecule has 2 aromatic carbocycles. The van der Waals surface area contributed by atoms with Gasteiger partial charge in [0.2, 0.25) is 0 Å². The van der Waals surface area contributed by atoms with Gasteiger partial charge in [-0.15, -0.1) is 0 Å². The van der Waals surface area contributed by atoms with Crippen molar-refractivity contribution in [2.45, 2.75) is 19.9 Å². The van der Waals surface area contributed by atoms with Gasteiger partial charge in [-0.1, -0.05) is 24.3 Å². The number of para-hydroxylation sites is 1. The van der Waals surface area contributed by atoms with Crippen molar-refractivity contribution >= 4 is 11.6 Å². The van der Waals surface area contributed by atoms with Crippen molar-refractivity contribution in [1.29, 1.82) is 0 Å². The first-order chi connectivity index (χ1) is 11.2. The molecule has 2 aromatic rings. The molecule has 0 fully saturated rings. The molecule has 0 unspecified atom stereocenters. The second-order valence-corrected chi connectivity index (χ2v) is 5.49. The Morgan fingerprint density at radius 3 is 2.91 bits per heavy atom. The fraction of sp³-hybridized carbons (Fsp3) is 0.278. The third-order valence-electron chi connectivity index (χ3n) is 3.90. The molecule has 1 aliphatic heterocycles. The van der Waals surface area contributed by atoms with E-state index in [0.717, 1.165) is 31.0 Å². The molecule has 1 heterocycles. The van der Waals surface area contributed by atoms with Gasteiger partial charge in [0.05, 0.1) is 6.54 Å². The zero-order valence-corrected chi connectivity index (χ0v) is 13.1. The number of anilines is 1. The lowest BCUT2D eigenvalue weighted by Gasteiger charge is -2.22. The maximum absolute atomic E-state index is 13.4. The summed E-state index contributed by atoms with van der Waals surface area (Å²) >= 11 is 0. The molecule has 0 aromatic heterocycles. The van der Waals surface area contributed by atoms with Crippen LogP contribution in [-0.4, -0.2) is 24.2 Å². The van der Waals surface area contributed by atoms with E-state index >= 15 is 0 Å². The van der Waals surface area contributed by atoms with Crippen LogP contribution >= 0.6 is 0 Å². The minimum Gasteiger partial charge on any atom is -0.505 e. The number of aliphatic imine (C=N–C) groups is 1. The largest absolute Gasteiger partial charge is 0.505 e. The van der Waals surface area contributed by atoms with Crippen molar-refractivity contribution in [1.82, 2.24) is 5.32 Å². The SMILES string of the molecule is CCNC(=NCc1ccc(O)c(F)c1)N1CCc2ccccc21. The lowest BCUT2D eigenvalue weighted by Crippen LogP contribution is -2.40. The number of nitrogens with zero attached hydrogens (tertiary/aromatic N) is 2. The summed E-state index contributed by atoms with van der Waals surface area (Å²) in [7, 11) is 0. The molecule has 0 radical (unpaired) electrons. The molecular formula is C18H20FN3O. The normalized spacial score (nSPS) is 14.0. The fourth-order valence-corrected chi connectivity index (χ4v) is 2.77. The van der Waals surface area contributed by atoms with Crippen LogP contribution in [-0.2, 0) is 13.0 Å². The molecule has 0 aliphatic carbocycles. The van der Waals surface area contributed by atoms with Crippen molar-refractivity contribution < 1.29 is 9.50 Å². The number of aromatic hydroxyl groups is 1. The molecule has 2 N–H and O–H groups in total. The number of hydrogen-bond donors (Lipinski definition) is 2. The average Bonchev–Trinajstić information content (AvgIpc) is 2.98. The molecule has 4 nitrogen and oxygen atoms in total. The summed E-state index contributed by atoms with van der Waals surface area (Å²) in [5.74, 6) is -0.154. The van der Waals surface area contributed by atoms with Crippen LogP contribution in [0.3, 0.4) is 0 Å². The smallest absolute Gasteiger partial charge is 0.198 e. The number of fused-ring (bicyclic) bond motifs is 1. The first-order valence-electron chi connectivity index (χ1n) is 7.80. The van der Waals surface area contributed by atoms with E-state index in [1.54, 1.807) is 6.07 Å². The van der Waals surface area contributed by atoms with E-state index in [2.05, 4.69) is 27.3 Å². The minimum absolute atomic E-state index is 0.335. The number of phenolic OH excluding ortho intramolecular Hbond substituents is 1. The lowest BCUT2D eigenvalue weighted by molar-refractivity contribution is 0.432. The van der Waals surface area contributed by atoms with E-state index in [4.69, 9.17) is 0 Å². The van der Waals surface area contributed by atoms with Crippen LogP contribution < -0.4 is 10.2 Å². The van der Waals surface area contributed by atoms with Crippen LogP contribution in [0.4, 0.5) is 10.1 Å². The number of guanidine groups is 1. The van der Waals surface area contributed by atoms with E-state index < -0.39 is 5.82 Å². The van der Waals surface area contributed by atoms with Gasteiger partial charge < -0.3 is 15.3 Å². The van der Waals surface area contributed by atoms with E-state index in [1.165, 1.54) is 23.4 Å². The Morgan fingerprint density at radius 1 is 1.30 bits per heavy atom. The Hall–Kier alpha value is -2.56. The molecule has 0 saturated heterocycles. The Bertz CT molecular complexity index is 730. The van der Waals surface area contributed by atoms with Gasteiger partial charge >= 0.3 is 0 Å². The molecule has 0 atom stereocenters. The van der Waals surface area contributed by atoms with E-state index in [9.17, 15) is 9.50 Å². The number of halogens is 1. The van der Waals surface area contributed by atoms with Gasteiger partial charge in [0.1, 0.15) is 0 Å². The van der Waals surface area contributed by atoms with E-state index in [-0.39, 0.29) is 5.75 Å². The first kappa shape index (κ1) is 15.3. The number of rotatable bonds is 3. The van der Waals surface area contributed by atoms with E-state index in [1.807, 2.05) is 19.1 Å². The molecule has 23 heavy (non-hydrogen) atoms. The van der Waals surface area contributed by atoms with Crippen molar-refractivity contribution in [3.8, 4) is 5.75 Å². The topological polar surface area (TPSA) is 47.9 Å². The molecule has 0 saturated carbocycles. The predicted molar refractivity (Wildman–Crippen MR) is 90.4 cm³/mol. The van der Waals surface area contributed by atoms with Crippen LogP contribution in [0.15, 0.2) is 47.5 Å². The standard InChI is InChI=1S/C18H20FN3O/c1-2-20-18(21-12-13-7-8-17(23)15(19)11-13)22-10-9-14-5-3-4-6-16(14)22/h3-8,11,23H,2,9-10,12H2,1H3,(H,20,21). The van der Waals surface area contributed by atoms with E-state index in [0.29, 0.717) is 6.54 Å². The maximum Gasteiger partial charge on any atom is 0.198 e. The molecule has 0 amide bonds. The Morgan fingerprint density at radius 2 is 2.13 bits per heavy atom. The van der Waals surface area contributed by atoms with Gasteiger partial charge in [0.25, 0.3) is 0 Å². The summed E-state index contributed by atoms with van der Waals surface area (Å²) < 4.78 is 13.4. The molecule has 0 spiro atoms. The zero-order chi connectivity index (χ0) is 16.2. The third-order valence-corrected chi connectivity index (χ3v) is 3.90. The molecule has 0 bridgehead atoms. The van der Waals surface area contributed by atoms with Gasteiger partial charge in [-0.25, -0.2) is 9.38 Å². The second kappa shape index (κ2) is 6.69. The van der Waals surface area contributed by atoms with Crippen molar-refractivity contribution in [3.63, 3.8) is 0 Å². The summed E-state index contributed by atoms with van der Waals surface area (Å²) in [6.07, 6.45) is 0.994. The highest BCUT2D eigenvalue weighted by Crippen LogP contribution is 2.27.